The number of pyridine rings is 2. The predicted molar refractivity (Wildman–Crippen MR) is 75.1 cm³/mol. The van der Waals surface area contributed by atoms with Gasteiger partial charge in [-0.3, -0.25) is 4.98 Å². The van der Waals surface area contributed by atoms with Crippen LogP contribution in [0, 0.1) is 0 Å². The zero-order valence-corrected chi connectivity index (χ0v) is 11.1. The Balaban J connectivity index is 2.23. The lowest BCUT2D eigenvalue weighted by atomic mass is 9.98. The third-order valence-electron chi connectivity index (χ3n) is 3.86. The molecule has 3 rings (SSSR count). The van der Waals surface area contributed by atoms with E-state index in [1.165, 1.54) is 12.0 Å². The number of rotatable bonds is 2. The maximum atomic E-state index is 7.75. The molecular formula is C15H19N3. The van der Waals surface area contributed by atoms with E-state index in [4.69, 9.17) is 1.37 Å². The first-order chi connectivity index (χ1) is 9.08. The highest BCUT2D eigenvalue weighted by Crippen LogP contribution is 2.33. The van der Waals surface area contributed by atoms with Gasteiger partial charge in [0.2, 0.25) is 0 Å². The van der Waals surface area contributed by atoms with Crippen LogP contribution in [0.1, 0.15) is 40.0 Å². The average molecular weight is 242 g/mol. The number of hydrogen-bond acceptors (Lipinski definition) is 3. The Hall–Kier alpha value is -1.64. The molecule has 1 aliphatic rings. The molecule has 0 aromatic carbocycles. The van der Waals surface area contributed by atoms with Gasteiger partial charge in [0, 0.05) is 36.5 Å². The second kappa shape index (κ2) is 4.23. The summed E-state index contributed by atoms with van der Waals surface area (Å²) < 4.78 is 7.75. The fraction of sp³-hybridized carbons (Fsp3) is 0.467. The van der Waals surface area contributed by atoms with Gasteiger partial charge in [-0.2, -0.15) is 0 Å². The second-order valence-corrected chi connectivity index (χ2v) is 5.38. The lowest BCUT2D eigenvalue weighted by Crippen LogP contribution is -2.46. The topological polar surface area (TPSA) is 29.0 Å². The molecule has 1 fully saturated rings. The Morgan fingerprint density at radius 2 is 2.22 bits per heavy atom. The van der Waals surface area contributed by atoms with Crippen LogP contribution < -0.4 is 4.90 Å². The minimum atomic E-state index is 0.322. The quantitative estimate of drug-likeness (QED) is 0.808. The van der Waals surface area contributed by atoms with Crippen molar-refractivity contribution in [3.8, 4) is 0 Å². The van der Waals surface area contributed by atoms with Crippen molar-refractivity contribution < 1.29 is 1.37 Å². The summed E-state index contributed by atoms with van der Waals surface area (Å²) in [6.45, 7) is 7.60. The molecule has 0 amide bonds. The fourth-order valence-corrected chi connectivity index (χ4v) is 2.56. The zero-order valence-electron chi connectivity index (χ0n) is 12.1. The van der Waals surface area contributed by atoms with E-state index >= 15 is 0 Å². The smallest absolute Gasteiger partial charge is 0.138 e. The highest BCUT2D eigenvalue weighted by Gasteiger charge is 2.26. The normalized spacial score (nSPS) is 20.1. The summed E-state index contributed by atoms with van der Waals surface area (Å²) in [5, 5.41) is 2.20. The average Bonchev–Trinajstić information content (AvgIpc) is 2.36. The molecule has 0 spiro atoms. The van der Waals surface area contributed by atoms with Gasteiger partial charge in [0.1, 0.15) is 5.82 Å². The summed E-state index contributed by atoms with van der Waals surface area (Å²) >= 11 is 0. The molecule has 94 valence electrons. The molecule has 0 saturated carbocycles. The van der Waals surface area contributed by atoms with Crippen molar-refractivity contribution in [3.05, 3.63) is 30.2 Å². The molecule has 0 unspecified atom stereocenters. The predicted octanol–water partition coefficient (Wildman–Crippen LogP) is 3.35. The van der Waals surface area contributed by atoms with E-state index in [0.29, 0.717) is 18.1 Å². The van der Waals surface area contributed by atoms with Gasteiger partial charge < -0.3 is 4.90 Å². The first kappa shape index (κ1) is 10.3. The van der Waals surface area contributed by atoms with Gasteiger partial charge in [0.05, 0.1) is 1.37 Å². The molecule has 1 saturated heterocycles. The molecule has 0 bridgehead atoms. The van der Waals surface area contributed by atoms with Crippen molar-refractivity contribution in [2.75, 3.05) is 11.4 Å². The Kier molecular flexibility index (Phi) is 2.42. The van der Waals surface area contributed by atoms with Gasteiger partial charge in [0.25, 0.3) is 0 Å². The molecule has 0 aliphatic carbocycles. The zero-order chi connectivity index (χ0) is 13.6. The first-order valence-corrected chi connectivity index (χ1v) is 6.60. The standard InChI is InChI=1S/C15H19N3/c1-10(2)13-9-17-15(18-7-5-11(18)3)14-8-16-6-4-12(13)14/h4,6,8-11H,5,7H2,1-3H3/t11-/m1/s1/i6D. The van der Waals surface area contributed by atoms with Gasteiger partial charge in [-0.1, -0.05) is 13.8 Å². The Labute approximate surface area is 109 Å². The largest absolute Gasteiger partial charge is 0.353 e. The van der Waals surface area contributed by atoms with E-state index < -0.39 is 0 Å². The molecule has 3 heterocycles. The Morgan fingerprint density at radius 1 is 1.39 bits per heavy atom. The number of fused-ring (bicyclic) bond motifs is 1. The lowest BCUT2D eigenvalue weighted by molar-refractivity contribution is 0.478. The summed E-state index contributed by atoms with van der Waals surface area (Å²) in [6, 6.07) is 2.41. The van der Waals surface area contributed by atoms with Gasteiger partial charge in [-0.15, -0.1) is 0 Å². The van der Waals surface area contributed by atoms with E-state index in [0.717, 1.165) is 23.1 Å². The molecule has 0 radical (unpaired) electrons. The molecule has 2 aromatic heterocycles. The van der Waals surface area contributed by atoms with Crippen molar-refractivity contribution in [2.24, 2.45) is 0 Å². The summed E-state index contributed by atoms with van der Waals surface area (Å²) in [6.07, 6.45) is 5.31. The minimum Gasteiger partial charge on any atom is -0.353 e. The van der Waals surface area contributed by atoms with Crippen LogP contribution in [-0.2, 0) is 0 Å². The first-order valence-electron chi connectivity index (χ1n) is 7.10. The third-order valence-corrected chi connectivity index (χ3v) is 3.86. The minimum absolute atomic E-state index is 0.322. The summed E-state index contributed by atoms with van der Waals surface area (Å²) in [5.41, 5.74) is 1.20. The monoisotopic (exact) mass is 242 g/mol. The van der Waals surface area contributed by atoms with Crippen LogP contribution in [0.15, 0.2) is 24.6 Å². The Morgan fingerprint density at radius 3 is 2.83 bits per heavy atom. The number of nitrogens with zero attached hydrogens (tertiary/aromatic N) is 3. The van der Waals surface area contributed by atoms with Crippen LogP contribution in [0.3, 0.4) is 0 Å². The molecular weight excluding hydrogens is 222 g/mol. The van der Waals surface area contributed by atoms with Crippen molar-refractivity contribution in [1.82, 2.24) is 9.97 Å². The van der Waals surface area contributed by atoms with Crippen LogP contribution in [-0.4, -0.2) is 22.6 Å². The van der Waals surface area contributed by atoms with Gasteiger partial charge in [0.15, 0.2) is 0 Å². The maximum Gasteiger partial charge on any atom is 0.138 e. The fourth-order valence-electron chi connectivity index (χ4n) is 2.56. The van der Waals surface area contributed by atoms with Crippen molar-refractivity contribution >= 4 is 16.6 Å². The van der Waals surface area contributed by atoms with Crippen molar-refractivity contribution in [3.63, 3.8) is 0 Å². The lowest BCUT2D eigenvalue weighted by Gasteiger charge is -2.40. The van der Waals surface area contributed by atoms with E-state index in [9.17, 15) is 0 Å². The number of aromatic nitrogens is 2. The highest BCUT2D eigenvalue weighted by molar-refractivity contribution is 5.94. The van der Waals surface area contributed by atoms with Crippen LogP contribution in [0.5, 0.6) is 0 Å². The van der Waals surface area contributed by atoms with Crippen LogP contribution in [0.2, 0.25) is 0 Å². The summed E-state index contributed by atoms with van der Waals surface area (Å²) in [5.74, 6) is 1.42. The number of anilines is 1. The van der Waals surface area contributed by atoms with Gasteiger partial charge >= 0.3 is 0 Å². The summed E-state index contributed by atoms with van der Waals surface area (Å²) in [4.78, 5) is 11.1. The summed E-state index contributed by atoms with van der Waals surface area (Å²) in [7, 11) is 0. The van der Waals surface area contributed by atoms with E-state index in [1.54, 1.807) is 6.20 Å². The van der Waals surface area contributed by atoms with Crippen LogP contribution in [0.4, 0.5) is 5.82 Å². The molecule has 1 atom stereocenters. The molecule has 0 N–H and O–H groups in total. The van der Waals surface area contributed by atoms with Crippen molar-refractivity contribution in [1.29, 1.82) is 0 Å². The second-order valence-electron chi connectivity index (χ2n) is 5.38. The molecule has 18 heavy (non-hydrogen) atoms. The van der Waals surface area contributed by atoms with Crippen LogP contribution in [0.25, 0.3) is 10.8 Å². The maximum absolute atomic E-state index is 7.75. The van der Waals surface area contributed by atoms with E-state index in [1.807, 2.05) is 12.3 Å². The highest BCUT2D eigenvalue weighted by atomic mass is 15.3. The molecule has 3 heteroatoms. The van der Waals surface area contributed by atoms with Gasteiger partial charge in [-0.25, -0.2) is 4.98 Å². The van der Waals surface area contributed by atoms with Gasteiger partial charge in [-0.05, 0) is 36.3 Å². The van der Waals surface area contributed by atoms with Crippen LogP contribution >= 0.6 is 0 Å². The molecule has 3 nitrogen and oxygen atoms in total. The Bertz CT molecular complexity index is 624. The molecule has 1 aliphatic heterocycles. The number of hydrogen-bond donors (Lipinski definition) is 0. The molecule has 2 aromatic rings. The van der Waals surface area contributed by atoms with Crippen molar-refractivity contribution in [2.45, 2.75) is 39.2 Å². The van der Waals surface area contributed by atoms with E-state index in [-0.39, 0.29) is 0 Å². The van der Waals surface area contributed by atoms with E-state index in [2.05, 4.69) is 35.6 Å². The third kappa shape index (κ3) is 1.65. The SMILES string of the molecule is [2H]c1cc2c(C(C)C)cnc(N3CC[C@H]3C)c2cn1.